The fourth-order valence-corrected chi connectivity index (χ4v) is 2.34. The van der Waals surface area contributed by atoms with Crippen LogP contribution in [-0.4, -0.2) is 33.9 Å². The Bertz CT molecular complexity index is 681. The van der Waals surface area contributed by atoms with Gasteiger partial charge in [0.1, 0.15) is 18.5 Å². The molecule has 1 N–H and O–H groups in total. The molecule has 1 aliphatic heterocycles. The predicted octanol–water partition coefficient (Wildman–Crippen LogP) is 1.92. The number of carbonyl (C=O) groups is 1. The first-order valence-corrected chi connectivity index (χ1v) is 7.13. The van der Waals surface area contributed by atoms with Crippen molar-refractivity contribution in [3.05, 3.63) is 42.7 Å². The lowest BCUT2D eigenvalue weighted by Gasteiger charge is -2.19. The SMILES string of the molecule is CCOC(=O)CCN1C(=Cn2cncn2)Nc2ccccc21. The van der Waals surface area contributed by atoms with E-state index < -0.39 is 0 Å². The van der Waals surface area contributed by atoms with E-state index in [9.17, 15) is 4.79 Å². The van der Waals surface area contributed by atoms with Crippen LogP contribution in [0.3, 0.4) is 0 Å². The molecule has 7 nitrogen and oxygen atoms in total. The molecule has 0 saturated heterocycles. The highest BCUT2D eigenvalue weighted by molar-refractivity contribution is 5.83. The molecule has 1 aromatic carbocycles. The second kappa shape index (κ2) is 6.30. The van der Waals surface area contributed by atoms with E-state index in [2.05, 4.69) is 15.4 Å². The third-order valence-corrected chi connectivity index (χ3v) is 3.28. The van der Waals surface area contributed by atoms with Gasteiger partial charge in [0.2, 0.25) is 0 Å². The van der Waals surface area contributed by atoms with Gasteiger partial charge in [-0.15, -0.1) is 0 Å². The minimum atomic E-state index is -0.202. The molecule has 0 amide bonds. The van der Waals surface area contributed by atoms with E-state index in [1.54, 1.807) is 17.9 Å². The highest BCUT2D eigenvalue weighted by Crippen LogP contribution is 2.36. The minimum absolute atomic E-state index is 0.202. The summed E-state index contributed by atoms with van der Waals surface area (Å²) in [4.78, 5) is 17.6. The molecular formula is C15H17N5O2. The highest BCUT2D eigenvalue weighted by Gasteiger charge is 2.24. The Labute approximate surface area is 128 Å². The smallest absolute Gasteiger partial charge is 0.307 e. The van der Waals surface area contributed by atoms with E-state index in [4.69, 9.17) is 4.74 Å². The van der Waals surface area contributed by atoms with Crippen LogP contribution in [0.1, 0.15) is 13.3 Å². The molecule has 0 bridgehead atoms. The zero-order chi connectivity index (χ0) is 15.4. The van der Waals surface area contributed by atoms with Gasteiger partial charge in [-0.1, -0.05) is 12.1 Å². The van der Waals surface area contributed by atoms with Gasteiger partial charge in [0.25, 0.3) is 0 Å². The van der Waals surface area contributed by atoms with Gasteiger partial charge < -0.3 is 15.0 Å². The molecule has 0 radical (unpaired) electrons. The van der Waals surface area contributed by atoms with Crippen molar-refractivity contribution in [3.8, 4) is 0 Å². The molecule has 2 heterocycles. The first kappa shape index (κ1) is 14.1. The van der Waals surface area contributed by atoms with Gasteiger partial charge in [-0.25, -0.2) is 9.67 Å². The molecule has 0 fully saturated rings. The Kier molecular flexibility index (Phi) is 4.04. The largest absolute Gasteiger partial charge is 0.466 e. The molecule has 1 aromatic heterocycles. The number of nitrogens with zero attached hydrogens (tertiary/aromatic N) is 4. The fourth-order valence-electron chi connectivity index (χ4n) is 2.34. The quantitative estimate of drug-likeness (QED) is 0.850. The predicted molar refractivity (Wildman–Crippen MR) is 83.0 cm³/mol. The third kappa shape index (κ3) is 2.93. The van der Waals surface area contributed by atoms with Crippen LogP contribution in [-0.2, 0) is 9.53 Å². The summed E-state index contributed by atoms with van der Waals surface area (Å²) in [5.74, 6) is 0.642. The molecule has 0 saturated carbocycles. The Morgan fingerprint density at radius 1 is 1.41 bits per heavy atom. The Balaban J connectivity index is 1.82. The lowest BCUT2D eigenvalue weighted by molar-refractivity contribution is -0.142. The number of esters is 1. The Morgan fingerprint density at radius 2 is 2.27 bits per heavy atom. The topological polar surface area (TPSA) is 72.3 Å². The first-order chi connectivity index (χ1) is 10.8. The van der Waals surface area contributed by atoms with Crippen LogP contribution >= 0.6 is 0 Å². The normalized spacial score (nSPS) is 14.8. The molecule has 7 heteroatoms. The Morgan fingerprint density at radius 3 is 3.05 bits per heavy atom. The zero-order valence-corrected chi connectivity index (χ0v) is 12.3. The number of para-hydroxylation sites is 2. The number of benzene rings is 1. The van der Waals surface area contributed by atoms with Gasteiger partial charge >= 0.3 is 5.97 Å². The molecule has 2 aromatic rings. The Hall–Kier alpha value is -2.83. The molecule has 0 spiro atoms. The molecule has 3 rings (SSSR count). The summed E-state index contributed by atoms with van der Waals surface area (Å²) in [5, 5.41) is 7.40. The van der Waals surface area contributed by atoms with Crippen molar-refractivity contribution in [2.75, 3.05) is 23.4 Å². The van der Waals surface area contributed by atoms with Crippen LogP contribution in [0.2, 0.25) is 0 Å². The van der Waals surface area contributed by atoms with Gasteiger partial charge in [-0.3, -0.25) is 4.79 Å². The van der Waals surface area contributed by atoms with E-state index in [1.165, 1.54) is 6.33 Å². The number of rotatable bonds is 5. The molecule has 114 valence electrons. The molecular weight excluding hydrogens is 282 g/mol. The van der Waals surface area contributed by atoms with E-state index in [0.717, 1.165) is 17.2 Å². The van der Waals surface area contributed by atoms with Crippen LogP contribution < -0.4 is 10.2 Å². The number of fused-ring (bicyclic) bond motifs is 1. The van der Waals surface area contributed by atoms with Crippen molar-refractivity contribution in [1.29, 1.82) is 0 Å². The van der Waals surface area contributed by atoms with Crippen LogP contribution in [0.15, 0.2) is 42.7 Å². The van der Waals surface area contributed by atoms with Crippen LogP contribution in [0.4, 0.5) is 11.4 Å². The summed E-state index contributed by atoms with van der Waals surface area (Å²) in [6.07, 6.45) is 5.24. The summed E-state index contributed by atoms with van der Waals surface area (Å²) >= 11 is 0. The number of hydrogen-bond donors (Lipinski definition) is 1. The van der Waals surface area contributed by atoms with Gasteiger partial charge in [0.15, 0.2) is 0 Å². The standard InChI is InChI=1S/C15H17N5O2/c1-2-22-15(21)7-8-20-13-6-4-3-5-12(13)18-14(20)9-19-11-16-10-17-19/h3-6,9-11,18H,2,7-8H2,1H3. The van der Waals surface area contributed by atoms with Crippen molar-refractivity contribution < 1.29 is 9.53 Å². The van der Waals surface area contributed by atoms with Crippen LogP contribution in [0, 0.1) is 0 Å². The lowest BCUT2D eigenvalue weighted by Crippen LogP contribution is -2.25. The van der Waals surface area contributed by atoms with Crippen LogP contribution in [0.5, 0.6) is 0 Å². The molecule has 22 heavy (non-hydrogen) atoms. The fraction of sp³-hybridized carbons (Fsp3) is 0.267. The number of anilines is 2. The molecule has 0 aliphatic carbocycles. The average molecular weight is 299 g/mol. The van der Waals surface area contributed by atoms with E-state index in [1.807, 2.05) is 35.4 Å². The third-order valence-electron chi connectivity index (χ3n) is 3.28. The number of aromatic nitrogens is 3. The van der Waals surface area contributed by atoms with Gasteiger partial charge in [0, 0.05) is 6.54 Å². The minimum Gasteiger partial charge on any atom is -0.466 e. The van der Waals surface area contributed by atoms with Crippen molar-refractivity contribution in [1.82, 2.24) is 14.8 Å². The van der Waals surface area contributed by atoms with Gasteiger partial charge in [-0.2, -0.15) is 5.10 Å². The van der Waals surface area contributed by atoms with Crippen molar-refractivity contribution in [3.63, 3.8) is 0 Å². The number of hydrogen-bond acceptors (Lipinski definition) is 6. The molecule has 0 unspecified atom stereocenters. The second-order valence-electron chi connectivity index (χ2n) is 4.74. The number of ether oxygens (including phenoxy) is 1. The maximum Gasteiger partial charge on any atom is 0.307 e. The summed E-state index contributed by atoms with van der Waals surface area (Å²) in [6, 6.07) is 7.94. The van der Waals surface area contributed by atoms with Crippen molar-refractivity contribution in [2.45, 2.75) is 13.3 Å². The second-order valence-corrected chi connectivity index (χ2v) is 4.74. The zero-order valence-electron chi connectivity index (χ0n) is 12.3. The maximum absolute atomic E-state index is 11.6. The lowest BCUT2D eigenvalue weighted by atomic mass is 10.2. The monoisotopic (exact) mass is 299 g/mol. The van der Waals surface area contributed by atoms with Crippen molar-refractivity contribution in [2.24, 2.45) is 0 Å². The highest BCUT2D eigenvalue weighted by atomic mass is 16.5. The number of carbonyl (C=O) groups excluding carboxylic acids is 1. The van der Waals surface area contributed by atoms with E-state index >= 15 is 0 Å². The summed E-state index contributed by atoms with van der Waals surface area (Å²) in [5.41, 5.74) is 2.02. The van der Waals surface area contributed by atoms with Crippen molar-refractivity contribution >= 4 is 23.5 Å². The van der Waals surface area contributed by atoms with E-state index in [0.29, 0.717) is 19.6 Å². The van der Waals surface area contributed by atoms with Gasteiger partial charge in [0.05, 0.1) is 30.6 Å². The summed E-state index contributed by atoms with van der Waals surface area (Å²) in [6.45, 7) is 2.74. The molecule has 0 atom stereocenters. The van der Waals surface area contributed by atoms with Gasteiger partial charge in [-0.05, 0) is 19.1 Å². The summed E-state index contributed by atoms with van der Waals surface area (Å²) < 4.78 is 6.61. The summed E-state index contributed by atoms with van der Waals surface area (Å²) in [7, 11) is 0. The number of nitrogens with one attached hydrogen (secondary N) is 1. The first-order valence-electron chi connectivity index (χ1n) is 7.13. The van der Waals surface area contributed by atoms with Crippen LogP contribution in [0.25, 0.3) is 6.20 Å². The van der Waals surface area contributed by atoms with E-state index in [-0.39, 0.29) is 5.97 Å². The maximum atomic E-state index is 11.6. The average Bonchev–Trinajstić information content (AvgIpc) is 3.13. The molecule has 1 aliphatic rings.